The van der Waals surface area contributed by atoms with Gasteiger partial charge in [0.1, 0.15) is 17.0 Å². The minimum atomic E-state index is 0.615. The van der Waals surface area contributed by atoms with Crippen molar-refractivity contribution in [2.24, 2.45) is 0 Å². The van der Waals surface area contributed by atoms with E-state index >= 15 is 0 Å². The normalized spacial score (nSPS) is 16.2. The molecule has 2 N–H and O–H groups in total. The van der Waals surface area contributed by atoms with Crippen molar-refractivity contribution in [1.29, 1.82) is 0 Å². The van der Waals surface area contributed by atoms with Crippen LogP contribution >= 0.6 is 22.9 Å². The van der Waals surface area contributed by atoms with Crippen molar-refractivity contribution in [2.75, 3.05) is 18.9 Å². The summed E-state index contributed by atoms with van der Waals surface area (Å²) in [5, 5.41) is 8.93. The average molecular weight is 443 g/mol. The number of nitrogens with one attached hydrogen (secondary N) is 2. The smallest absolute Gasteiger partial charge is 0.138 e. The number of fused-ring (bicyclic) bond motifs is 3. The van der Waals surface area contributed by atoms with E-state index in [-0.39, 0.29) is 0 Å². The highest BCUT2D eigenvalue weighted by atomic mass is 35.5. The maximum absolute atomic E-state index is 5.80. The Morgan fingerprint density at radius 2 is 1.97 bits per heavy atom. The molecule has 0 saturated heterocycles. The maximum atomic E-state index is 5.80. The van der Waals surface area contributed by atoms with Crippen LogP contribution in [0.3, 0.4) is 0 Å². The van der Waals surface area contributed by atoms with Gasteiger partial charge in [-0.3, -0.25) is 0 Å². The van der Waals surface area contributed by atoms with Crippen LogP contribution in [-0.4, -0.2) is 29.6 Å². The van der Waals surface area contributed by atoms with Gasteiger partial charge in [-0.05, 0) is 75.4 Å². The number of hydrogen-bond acceptors (Lipinski definition) is 5. The van der Waals surface area contributed by atoms with Gasteiger partial charge in [0, 0.05) is 15.9 Å². The molecule has 2 aliphatic rings. The van der Waals surface area contributed by atoms with Crippen molar-refractivity contribution in [3.8, 4) is 0 Å². The fourth-order valence-electron chi connectivity index (χ4n) is 4.44. The molecule has 0 aliphatic heterocycles. The molecule has 2 aliphatic carbocycles. The molecule has 2 aromatic heterocycles. The molecule has 1 aromatic carbocycles. The molecule has 0 radical (unpaired) electrons. The lowest BCUT2D eigenvalue weighted by Crippen LogP contribution is -2.23. The monoisotopic (exact) mass is 442 g/mol. The fourth-order valence-corrected chi connectivity index (χ4v) is 5.88. The van der Waals surface area contributed by atoms with Gasteiger partial charge in [0.2, 0.25) is 0 Å². The quantitative estimate of drug-likeness (QED) is 0.506. The van der Waals surface area contributed by atoms with Crippen molar-refractivity contribution in [3.63, 3.8) is 0 Å². The zero-order valence-corrected chi connectivity index (χ0v) is 19.3. The number of nitrogens with zero attached hydrogens (tertiary/aromatic N) is 2. The largest absolute Gasteiger partial charge is 0.367 e. The van der Waals surface area contributed by atoms with E-state index in [1.807, 2.05) is 36.6 Å². The summed E-state index contributed by atoms with van der Waals surface area (Å²) in [7, 11) is 1.95. The summed E-state index contributed by atoms with van der Waals surface area (Å²) in [4.78, 5) is 11.7. The van der Waals surface area contributed by atoms with Crippen LogP contribution in [0, 0.1) is 0 Å². The second kappa shape index (κ2) is 10.6. The minimum Gasteiger partial charge on any atom is -0.367 e. The highest BCUT2D eigenvalue weighted by Crippen LogP contribution is 2.39. The lowest BCUT2D eigenvalue weighted by atomic mass is 9.95. The lowest BCUT2D eigenvalue weighted by Gasteiger charge is -2.23. The van der Waals surface area contributed by atoms with Crippen molar-refractivity contribution in [3.05, 3.63) is 51.6 Å². The van der Waals surface area contributed by atoms with E-state index < -0.39 is 0 Å². The van der Waals surface area contributed by atoms with Gasteiger partial charge in [0.25, 0.3) is 0 Å². The molecule has 1 saturated carbocycles. The van der Waals surface area contributed by atoms with Crippen LogP contribution in [0.5, 0.6) is 0 Å². The molecule has 4 nitrogen and oxygen atoms in total. The van der Waals surface area contributed by atoms with E-state index in [4.69, 9.17) is 11.6 Å². The molecule has 3 aromatic rings. The number of halogens is 1. The predicted molar refractivity (Wildman–Crippen MR) is 129 cm³/mol. The van der Waals surface area contributed by atoms with Gasteiger partial charge in [-0.1, -0.05) is 43.0 Å². The first-order chi connectivity index (χ1) is 14.7. The number of aromatic nitrogens is 2. The molecule has 5 rings (SSSR count). The van der Waals surface area contributed by atoms with Crippen LogP contribution in [0.4, 0.5) is 5.82 Å². The molecule has 1 fully saturated rings. The second-order valence-corrected chi connectivity index (χ2v) is 9.74. The summed E-state index contributed by atoms with van der Waals surface area (Å²) in [5.74, 6) is 1.09. The molecular formula is C24H31ClN4S. The molecule has 0 spiro atoms. The van der Waals surface area contributed by atoms with Gasteiger partial charge < -0.3 is 10.6 Å². The van der Waals surface area contributed by atoms with E-state index in [9.17, 15) is 0 Å². The van der Waals surface area contributed by atoms with Crippen LogP contribution in [0.1, 0.15) is 54.5 Å². The lowest BCUT2D eigenvalue weighted by molar-refractivity contribution is 0.462. The summed E-state index contributed by atoms with van der Waals surface area (Å²) >= 11 is 7.67. The summed E-state index contributed by atoms with van der Waals surface area (Å²) < 4.78 is 0. The zero-order chi connectivity index (χ0) is 20.8. The Labute approximate surface area is 188 Å². The number of thiophene rings is 1. The third-order valence-electron chi connectivity index (χ3n) is 6.00. The number of anilines is 1. The molecule has 0 bridgehead atoms. The first kappa shape index (κ1) is 21.5. The van der Waals surface area contributed by atoms with Crippen molar-refractivity contribution < 1.29 is 0 Å². The first-order valence-electron chi connectivity index (χ1n) is 11.2. The first-order valence-corrected chi connectivity index (χ1v) is 12.3. The van der Waals surface area contributed by atoms with Crippen LogP contribution in [0.15, 0.2) is 30.6 Å². The maximum Gasteiger partial charge on any atom is 0.138 e. The molecule has 6 heteroatoms. The third-order valence-corrected chi connectivity index (χ3v) is 7.43. The Balaban J connectivity index is 0.000000170. The molecule has 0 amide bonds. The Morgan fingerprint density at radius 3 is 2.77 bits per heavy atom. The Bertz CT molecular complexity index is 965. The third kappa shape index (κ3) is 5.32. The Morgan fingerprint density at radius 1 is 1.10 bits per heavy atom. The van der Waals surface area contributed by atoms with E-state index in [2.05, 4.69) is 26.7 Å². The van der Waals surface area contributed by atoms with Crippen LogP contribution in [0.25, 0.3) is 10.2 Å². The molecule has 0 atom stereocenters. The highest BCUT2D eigenvalue weighted by molar-refractivity contribution is 7.19. The topological polar surface area (TPSA) is 49.8 Å². The fraction of sp³-hybridized carbons (Fsp3) is 0.500. The van der Waals surface area contributed by atoms with Gasteiger partial charge in [-0.25, -0.2) is 9.97 Å². The number of benzene rings is 1. The number of likely N-dealkylation sites (N-methyl/N-ethyl adjacent to an activating group) is 1. The van der Waals surface area contributed by atoms with Gasteiger partial charge in [0.15, 0.2) is 0 Å². The highest BCUT2D eigenvalue weighted by Gasteiger charge is 2.22. The number of hydrogen-bond donors (Lipinski definition) is 2. The van der Waals surface area contributed by atoms with Gasteiger partial charge >= 0.3 is 0 Å². The zero-order valence-electron chi connectivity index (χ0n) is 17.7. The molecule has 2 heterocycles. The summed E-state index contributed by atoms with van der Waals surface area (Å²) in [6.07, 6.45) is 13.2. The minimum absolute atomic E-state index is 0.615. The molecule has 0 unspecified atom stereocenters. The van der Waals surface area contributed by atoms with Crippen LogP contribution in [-0.2, 0) is 19.3 Å². The molecule has 30 heavy (non-hydrogen) atoms. The van der Waals surface area contributed by atoms with E-state index in [1.54, 1.807) is 11.2 Å². The molecule has 160 valence electrons. The van der Waals surface area contributed by atoms with Gasteiger partial charge in [0.05, 0.1) is 5.39 Å². The standard InChI is InChI=1S/C15H19N3S.C9H12ClN/c1-2-5-10(6-3-1)18-14-13-11-7-4-8-12(11)19-15(13)17-9-16-14;1-11-6-5-8-3-2-4-9(10)7-8/h9-10H,1-8H2,(H,16,17,18);2-4,7,11H,5-6H2,1H3. The summed E-state index contributed by atoms with van der Waals surface area (Å²) in [6.45, 7) is 1.00. The van der Waals surface area contributed by atoms with Crippen molar-refractivity contribution in [2.45, 2.75) is 63.8 Å². The summed E-state index contributed by atoms with van der Waals surface area (Å²) in [6, 6.07) is 8.57. The summed E-state index contributed by atoms with van der Waals surface area (Å²) in [5.41, 5.74) is 2.81. The van der Waals surface area contributed by atoms with E-state index in [0.717, 1.165) is 23.8 Å². The second-order valence-electron chi connectivity index (χ2n) is 8.22. The van der Waals surface area contributed by atoms with E-state index in [1.165, 1.54) is 72.7 Å². The predicted octanol–water partition coefficient (Wildman–Crippen LogP) is 6.03. The van der Waals surface area contributed by atoms with Crippen LogP contribution < -0.4 is 10.6 Å². The SMILES string of the molecule is CNCCc1cccc(Cl)c1.c1nc(NC2CCCCC2)c2c3c(sc2n1)CCC3. The van der Waals surface area contributed by atoms with E-state index in [0.29, 0.717) is 6.04 Å². The van der Waals surface area contributed by atoms with Crippen molar-refractivity contribution >= 4 is 39.0 Å². The van der Waals surface area contributed by atoms with Gasteiger partial charge in [-0.2, -0.15) is 0 Å². The van der Waals surface area contributed by atoms with Gasteiger partial charge in [-0.15, -0.1) is 11.3 Å². The van der Waals surface area contributed by atoms with Crippen LogP contribution in [0.2, 0.25) is 5.02 Å². The number of rotatable bonds is 5. The Kier molecular flexibility index (Phi) is 7.58. The number of aryl methyl sites for hydroxylation is 2. The average Bonchev–Trinajstić information content (AvgIpc) is 3.35. The Hall–Kier alpha value is -1.69. The van der Waals surface area contributed by atoms with Crippen molar-refractivity contribution in [1.82, 2.24) is 15.3 Å². The molecular weight excluding hydrogens is 412 g/mol.